The van der Waals surface area contributed by atoms with Crippen molar-refractivity contribution < 1.29 is 28.6 Å². The first-order chi connectivity index (χ1) is 14.8. The molecule has 31 heavy (non-hydrogen) atoms. The van der Waals surface area contributed by atoms with Gasteiger partial charge in [0.1, 0.15) is 11.8 Å². The first-order valence-corrected chi connectivity index (χ1v) is 10.1. The van der Waals surface area contributed by atoms with E-state index in [1.54, 1.807) is 6.07 Å². The van der Waals surface area contributed by atoms with E-state index < -0.39 is 30.5 Å². The highest BCUT2D eigenvalue weighted by atomic mass is 16.6. The van der Waals surface area contributed by atoms with Crippen LogP contribution in [0.3, 0.4) is 0 Å². The molecule has 0 bridgehead atoms. The predicted octanol–water partition coefficient (Wildman–Crippen LogP) is 2.94. The smallest absolute Gasteiger partial charge is 0.344 e. The van der Waals surface area contributed by atoms with E-state index in [1.165, 1.54) is 12.7 Å². The average molecular weight is 427 g/mol. The molecule has 0 aliphatic heterocycles. The fourth-order valence-electron chi connectivity index (χ4n) is 3.14. The van der Waals surface area contributed by atoms with Gasteiger partial charge in [-0.2, -0.15) is 0 Å². The molecule has 0 fully saturated rings. The second kappa shape index (κ2) is 11.7. The van der Waals surface area contributed by atoms with Crippen molar-refractivity contribution in [2.24, 2.45) is 0 Å². The summed E-state index contributed by atoms with van der Waals surface area (Å²) >= 11 is 0. The van der Waals surface area contributed by atoms with Gasteiger partial charge in [-0.1, -0.05) is 50.2 Å². The van der Waals surface area contributed by atoms with Crippen molar-refractivity contribution >= 4 is 17.8 Å². The van der Waals surface area contributed by atoms with Crippen LogP contribution in [-0.4, -0.2) is 44.2 Å². The summed E-state index contributed by atoms with van der Waals surface area (Å²) in [5.74, 6) is -0.910. The fraction of sp³-hybridized carbons (Fsp3) is 0.375. The zero-order valence-corrected chi connectivity index (χ0v) is 18.3. The maximum atomic E-state index is 12.2. The molecule has 0 aliphatic rings. The van der Waals surface area contributed by atoms with Crippen molar-refractivity contribution in [2.45, 2.75) is 39.2 Å². The van der Waals surface area contributed by atoms with Crippen molar-refractivity contribution in [3.8, 4) is 5.75 Å². The molecule has 0 heterocycles. The van der Waals surface area contributed by atoms with Crippen molar-refractivity contribution in [1.82, 2.24) is 5.32 Å². The molecule has 2 rings (SSSR count). The normalized spacial score (nSPS) is 11.5. The van der Waals surface area contributed by atoms with Crippen molar-refractivity contribution in [2.75, 3.05) is 20.3 Å². The monoisotopic (exact) mass is 427 g/mol. The van der Waals surface area contributed by atoms with E-state index >= 15 is 0 Å². The van der Waals surface area contributed by atoms with E-state index in [0.717, 1.165) is 11.1 Å². The summed E-state index contributed by atoms with van der Waals surface area (Å²) in [6.07, 6.45) is 0.266. The van der Waals surface area contributed by atoms with E-state index in [0.29, 0.717) is 11.7 Å². The highest BCUT2D eigenvalue weighted by molar-refractivity contribution is 5.86. The van der Waals surface area contributed by atoms with Crippen molar-refractivity contribution in [3.05, 3.63) is 65.2 Å². The molecule has 0 unspecified atom stereocenters. The summed E-state index contributed by atoms with van der Waals surface area (Å²) in [4.78, 5) is 36.1. The summed E-state index contributed by atoms with van der Waals surface area (Å²) in [5, 5.41) is 2.54. The van der Waals surface area contributed by atoms with Crippen LogP contribution in [-0.2, 0) is 30.3 Å². The van der Waals surface area contributed by atoms with Crippen LogP contribution in [0.25, 0.3) is 0 Å². The van der Waals surface area contributed by atoms with Crippen LogP contribution in [0.5, 0.6) is 5.75 Å². The first-order valence-electron chi connectivity index (χ1n) is 10.1. The van der Waals surface area contributed by atoms with Crippen LogP contribution in [0.15, 0.2) is 48.5 Å². The third kappa shape index (κ3) is 7.77. The Labute approximate surface area is 182 Å². The molecule has 166 valence electrons. The Hall–Kier alpha value is -3.35. The van der Waals surface area contributed by atoms with Gasteiger partial charge in [-0.05, 0) is 41.7 Å². The van der Waals surface area contributed by atoms with Gasteiger partial charge in [-0.25, -0.2) is 9.59 Å². The number of hydrogen-bond acceptors (Lipinski definition) is 6. The van der Waals surface area contributed by atoms with E-state index in [2.05, 4.69) is 19.2 Å². The van der Waals surface area contributed by atoms with Gasteiger partial charge in [0.25, 0.3) is 5.91 Å². The number of hydrogen-bond donors (Lipinski definition) is 1. The highest BCUT2D eigenvalue weighted by Crippen LogP contribution is 2.23. The quantitative estimate of drug-likeness (QED) is 0.587. The molecule has 1 atom stereocenters. The lowest BCUT2D eigenvalue weighted by molar-refractivity contribution is -0.151. The van der Waals surface area contributed by atoms with Crippen LogP contribution in [0, 0.1) is 6.92 Å². The number of nitrogens with one attached hydrogen (secondary N) is 1. The molecule has 1 amide bonds. The Morgan fingerprint density at radius 1 is 1.00 bits per heavy atom. The van der Waals surface area contributed by atoms with Gasteiger partial charge in [-0.15, -0.1) is 0 Å². The number of esters is 2. The van der Waals surface area contributed by atoms with E-state index in [-0.39, 0.29) is 13.0 Å². The standard InChI is InChI=1S/C24H29NO6/c1-16(2)20-11-10-19(12-17(20)3)30-15-23(27)31-14-22(26)25-21(24(28)29-4)13-18-8-6-5-7-9-18/h5-12,16,21H,13-15H2,1-4H3,(H,25,26)/t21-/m0/s1. The second-order valence-electron chi connectivity index (χ2n) is 7.46. The molecule has 2 aromatic rings. The third-order valence-electron chi connectivity index (χ3n) is 4.69. The molecule has 0 radical (unpaired) electrons. The Balaban J connectivity index is 1.81. The minimum atomic E-state index is -0.878. The van der Waals surface area contributed by atoms with Gasteiger partial charge in [0.2, 0.25) is 0 Å². The highest BCUT2D eigenvalue weighted by Gasteiger charge is 2.22. The molecular weight excluding hydrogens is 398 g/mol. The summed E-state index contributed by atoms with van der Waals surface area (Å²) in [6, 6.07) is 14.0. The fourth-order valence-corrected chi connectivity index (χ4v) is 3.14. The summed E-state index contributed by atoms with van der Waals surface area (Å²) < 4.78 is 15.2. The largest absolute Gasteiger partial charge is 0.482 e. The molecule has 1 N–H and O–H groups in total. The lowest BCUT2D eigenvalue weighted by Crippen LogP contribution is -2.44. The van der Waals surface area contributed by atoms with Crippen LogP contribution in [0.1, 0.15) is 36.5 Å². The zero-order chi connectivity index (χ0) is 22.8. The number of methoxy groups -OCH3 is 1. The maximum Gasteiger partial charge on any atom is 0.344 e. The topological polar surface area (TPSA) is 90.9 Å². The Morgan fingerprint density at radius 3 is 2.32 bits per heavy atom. The molecule has 2 aromatic carbocycles. The third-order valence-corrected chi connectivity index (χ3v) is 4.69. The number of carbonyl (C=O) groups is 3. The Kier molecular flexibility index (Phi) is 9.06. The van der Waals surface area contributed by atoms with Gasteiger partial charge in [0, 0.05) is 6.42 Å². The van der Waals surface area contributed by atoms with Gasteiger partial charge in [-0.3, -0.25) is 4.79 Å². The number of benzene rings is 2. The number of ether oxygens (including phenoxy) is 3. The molecule has 7 nitrogen and oxygen atoms in total. The number of aryl methyl sites for hydroxylation is 1. The van der Waals surface area contributed by atoms with Gasteiger partial charge in [0.05, 0.1) is 7.11 Å². The SMILES string of the molecule is COC(=O)[C@H](Cc1ccccc1)NC(=O)COC(=O)COc1ccc(C(C)C)c(C)c1. The minimum Gasteiger partial charge on any atom is -0.482 e. The molecule has 0 aliphatic carbocycles. The lowest BCUT2D eigenvalue weighted by atomic mass is 9.98. The number of rotatable bonds is 10. The van der Waals surface area contributed by atoms with E-state index in [4.69, 9.17) is 14.2 Å². The minimum absolute atomic E-state index is 0.266. The van der Waals surface area contributed by atoms with Gasteiger partial charge >= 0.3 is 11.9 Å². The summed E-state index contributed by atoms with van der Waals surface area (Å²) in [5.41, 5.74) is 3.15. The molecule has 7 heteroatoms. The summed E-state index contributed by atoms with van der Waals surface area (Å²) in [6.45, 7) is 5.36. The molecule has 0 spiro atoms. The Morgan fingerprint density at radius 2 is 1.71 bits per heavy atom. The first kappa shape index (κ1) is 23.9. The maximum absolute atomic E-state index is 12.2. The van der Waals surface area contributed by atoms with Crippen LogP contribution >= 0.6 is 0 Å². The number of amides is 1. The Bertz CT molecular complexity index is 894. The van der Waals surface area contributed by atoms with Crippen LogP contribution in [0.2, 0.25) is 0 Å². The van der Waals surface area contributed by atoms with Crippen molar-refractivity contribution in [3.63, 3.8) is 0 Å². The number of carbonyl (C=O) groups excluding carboxylic acids is 3. The predicted molar refractivity (Wildman–Crippen MR) is 116 cm³/mol. The molecule has 0 saturated heterocycles. The van der Waals surface area contributed by atoms with Crippen LogP contribution in [0.4, 0.5) is 0 Å². The second-order valence-corrected chi connectivity index (χ2v) is 7.46. The average Bonchev–Trinajstić information content (AvgIpc) is 2.75. The summed E-state index contributed by atoms with van der Waals surface area (Å²) in [7, 11) is 1.25. The van der Waals surface area contributed by atoms with Crippen molar-refractivity contribution in [1.29, 1.82) is 0 Å². The van der Waals surface area contributed by atoms with E-state index in [9.17, 15) is 14.4 Å². The molecular formula is C24H29NO6. The lowest BCUT2D eigenvalue weighted by Gasteiger charge is -2.16. The van der Waals surface area contributed by atoms with Crippen LogP contribution < -0.4 is 10.1 Å². The molecule has 0 saturated carbocycles. The zero-order valence-electron chi connectivity index (χ0n) is 18.3. The van der Waals surface area contributed by atoms with E-state index in [1.807, 2.05) is 49.4 Å². The van der Waals surface area contributed by atoms with Gasteiger partial charge < -0.3 is 19.5 Å². The molecule has 0 aromatic heterocycles. The van der Waals surface area contributed by atoms with Gasteiger partial charge in [0.15, 0.2) is 13.2 Å².